The number of nitrogens with one attached hydrogen (secondary N) is 1. The van der Waals surface area contributed by atoms with Gasteiger partial charge in [-0.3, -0.25) is 14.4 Å². The highest BCUT2D eigenvalue weighted by molar-refractivity contribution is 5.95. The van der Waals surface area contributed by atoms with Gasteiger partial charge in [0.15, 0.2) is 6.10 Å². The Morgan fingerprint density at radius 3 is 2.45 bits per heavy atom. The van der Waals surface area contributed by atoms with E-state index in [1.807, 2.05) is 24.3 Å². The highest BCUT2D eigenvalue weighted by atomic mass is 16.5. The minimum absolute atomic E-state index is 0.152. The molecule has 0 radical (unpaired) electrons. The number of aromatic nitrogens is 2. The molecule has 1 fully saturated rings. The molecular formula is C24H26N4O5. The van der Waals surface area contributed by atoms with E-state index in [0.29, 0.717) is 35.4 Å². The van der Waals surface area contributed by atoms with Gasteiger partial charge in [-0.2, -0.15) is 5.10 Å². The van der Waals surface area contributed by atoms with Crippen LogP contribution in [-0.4, -0.2) is 54.1 Å². The lowest BCUT2D eigenvalue weighted by molar-refractivity contribution is -0.152. The lowest BCUT2D eigenvalue weighted by Crippen LogP contribution is -2.36. The van der Waals surface area contributed by atoms with Crippen LogP contribution in [0, 0.1) is 0 Å². The molecule has 0 aliphatic carbocycles. The number of rotatable bonds is 6. The molecule has 1 amide bonds. The van der Waals surface area contributed by atoms with Crippen molar-refractivity contribution in [1.29, 1.82) is 0 Å². The van der Waals surface area contributed by atoms with Gasteiger partial charge in [0.2, 0.25) is 0 Å². The number of aryl methyl sites for hydroxylation is 1. The number of ether oxygens (including phenoxy) is 2. The molecule has 1 saturated heterocycles. The summed E-state index contributed by atoms with van der Waals surface area (Å²) in [4.78, 5) is 39.5. The number of amides is 1. The second kappa shape index (κ2) is 9.83. The second-order valence-corrected chi connectivity index (χ2v) is 7.87. The number of esters is 1. The molecule has 3 aromatic rings. The van der Waals surface area contributed by atoms with E-state index in [4.69, 9.17) is 9.47 Å². The Bertz CT molecular complexity index is 1220. The number of fused-ring (bicyclic) bond motifs is 1. The van der Waals surface area contributed by atoms with Crippen molar-refractivity contribution in [2.75, 3.05) is 36.5 Å². The number of morpholine rings is 1. The van der Waals surface area contributed by atoms with Crippen LogP contribution in [0.2, 0.25) is 0 Å². The maximum absolute atomic E-state index is 12.5. The molecule has 1 atom stereocenters. The first-order valence-corrected chi connectivity index (χ1v) is 10.8. The predicted molar refractivity (Wildman–Crippen MR) is 124 cm³/mol. The van der Waals surface area contributed by atoms with E-state index in [2.05, 4.69) is 15.3 Å². The van der Waals surface area contributed by atoms with Crippen molar-refractivity contribution in [1.82, 2.24) is 9.78 Å². The zero-order chi connectivity index (χ0) is 23.4. The average Bonchev–Trinajstić information content (AvgIpc) is 2.83. The Balaban J connectivity index is 1.36. The molecule has 1 N–H and O–H groups in total. The number of carbonyl (C=O) groups is 2. The van der Waals surface area contributed by atoms with Crippen molar-refractivity contribution in [2.45, 2.75) is 19.4 Å². The molecule has 33 heavy (non-hydrogen) atoms. The van der Waals surface area contributed by atoms with Crippen LogP contribution < -0.4 is 15.8 Å². The highest BCUT2D eigenvalue weighted by Gasteiger charge is 2.20. The summed E-state index contributed by atoms with van der Waals surface area (Å²) < 4.78 is 11.9. The standard InChI is InChI=1S/C24H26N4O5/c1-16(23(30)25-17-7-9-18(10-8-17)28-11-13-32-14-12-28)33-22(29)15-21-19-5-3-4-6-20(19)24(31)27(2)26-21/h3-10,16H,11-15H2,1-2H3,(H,25,30). The van der Waals surface area contributed by atoms with E-state index in [9.17, 15) is 14.4 Å². The van der Waals surface area contributed by atoms with Crippen LogP contribution >= 0.6 is 0 Å². The molecule has 172 valence electrons. The van der Waals surface area contributed by atoms with Gasteiger partial charge in [0.1, 0.15) is 0 Å². The molecule has 1 aliphatic rings. The Morgan fingerprint density at radius 1 is 1.09 bits per heavy atom. The number of nitrogens with zero attached hydrogens (tertiary/aromatic N) is 3. The number of anilines is 2. The normalized spacial score (nSPS) is 14.7. The number of hydrogen-bond acceptors (Lipinski definition) is 7. The molecule has 2 aromatic carbocycles. The smallest absolute Gasteiger partial charge is 0.312 e. The van der Waals surface area contributed by atoms with E-state index in [1.54, 1.807) is 24.3 Å². The summed E-state index contributed by atoms with van der Waals surface area (Å²) >= 11 is 0. The summed E-state index contributed by atoms with van der Waals surface area (Å²) in [5.41, 5.74) is 1.86. The van der Waals surface area contributed by atoms with Gasteiger partial charge in [-0.15, -0.1) is 0 Å². The number of carbonyl (C=O) groups excluding carboxylic acids is 2. The summed E-state index contributed by atoms with van der Waals surface area (Å²) in [6.45, 7) is 4.58. The Kier molecular flexibility index (Phi) is 6.69. The largest absolute Gasteiger partial charge is 0.452 e. The van der Waals surface area contributed by atoms with Gasteiger partial charge in [-0.25, -0.2) is 4.68 Å². The first-order valence-electron chi connectivity index (χ1n) is 10.8. The monoisotopic (exact) mass is 450 g/mol. The van der Waals surface area contributed by atoms with Crippen molar-refractivity contribution < 1.29 is 19.1 Å². The first kappa shape index (κ1) is 22.5. The van der Waals surface area contributed by atoms with Gasteiger partial charge in [0.05, 0.1) is 30.7 Å². The third-order valence-electron chi connectivity index (χ3n) is 5.53. The molecule has 1 aliphatic heterocycles. The minimum atomic E-state index is -0.991. The van der Waals surface area contributed by atoms with Crippen LogP contribution in [0.15, 0.2) is 53.3 Å². The Labute approximate surface area is 190 Å². The third-order valence-corrected chi connectivity index (χ3v) is 5.53. The molecule has 0 spiro atoms. The van der Waals surface area contributed by atoms with Crippen LogP contribution in [0.5, 0.6) is 0 Å². The molecule has 9 heteroatoms. The number of benzene rings is 2. The summed E-state index contributed by atoms with van der Waals surface area (Å²) in [5, 5.41) is 8.03. The van der Waals surface area contributed by atoms with Crippen LogP contribution in [-0.2, 0) is 32.5 Å². The van der Waals surface area contributed by atoms with Crippen LogP contribution in [0.1, 0.15) is 12.6 Å². The molecule has 0 bridgehead atoms. The number of hydrogen-bond donors (Lipinski definition) is 1. The summed E-state index contributed by atoms with van der Waals surface area (Å²) in [6.07, 6.45) is -1.14. The van der Waals surface area contributed by atoms with Gasteiger partial charge in [-0.05, 0) is 37.3 Å². The zero-order valence-electron chi connectivity index (χ0n) is 18.6. The topological polar surface area (TPSA) is 103 Å². The van der Waals surface area contributed by atoms with Gasteiger partial charge >= 0.3 is 5.97 Å². The van der Waals surface area contributed by atoms with E-state index < -0.39 is 18.0 Å². The Hall–Kier alpha value is -3.72. The maximum Gasteiger partial charge on any atom is 0.312 e. The minimum Gasteiger partial charge on any atom is -0.452 e. The van der Waals surface area contributed by atoms with E-state index in [-0.39, 0.29) is 12.0 Å². The molecule has 4 rings (SSSR count). The van der Waals surface area contributed by atoms with Crippen molar-refractivity contribution in [3.05, 3.63) is 64.6 Å². The fourth-order valence-corrected chi connectivity index (χ4v) is 3.76. The van der Waals surface area contributed by atoms with Gasteiger partial charge in [0, 0.05) is 36.9 Å². The van der Waals surface area contributed by atoms with Gasteiger partial charge in [0.25, 0.3) is 11.5 Å². The van der Waals surface area contributed by atoms with Crippen molar-refractivity contribution in [2.24, 2.45) is 7.05 Å². The van der Waals surface area contributed by atoms with Crippen molar-refractivity contribution in [3.8, 4) is 0 Å². The molecular weight excluding hydrogens is 424 g/mol. The molecule has 1 aromatic heterocycles. The molecule has 1 unspecified atom stereocenters. The zero-order valence-corrected chi connectivity index (χ0v) is 18.6. The van der Waals surface area contributed by atoms with Crippen LogP contribution in [0.3, 0.4) is 0 Å². The Morgan fingerprint density at radius 2 is 1.76 bits per heavy atom. The highest BCUT2D eigenvalue weighted by Crippen LogP contribution is 2.19. The first-order chi connectivity index (χ1) is 15.9. The van der Waals surface area contributed by atoms with E-state index in [0.717, 1.165) is 18.8 Å². The lowest BCUT2D eigenvalue weighted by Gasteiger charge is -2.28. The van der Waals surface area contributed by atoms with E-state index >= 15 is 0 Å². The molecule has 9 nitrogen and oxygen atoms in total. The van der Waals surface area contributed by atoms with Gasteiger partial charge in [-0.1, -0.05) is 18.2 Å². The van der Waals surface area contributed by atoms with Crippen molar-refractivity contribution in [3.63, 3.8) is 0 Å². The fourth-order valence-electron chi connectivity index (χ4n) is 3.76. The van der Waals surface area contributed by atoms with E-state index in [1.165, 1.54) is 18.7 Å². The molecule has 2 heterocycles. The third kappa shape index (κ3) is 5.20. The quantitative estimate of drug-likeness (QED) is 0.572. The summed E-state index contributed by atoms with van der Waals surface area (Å²) in [6, 6.07) is 14.5. The second-order valence-electron chi connectivity index (χ2n) is 7.87. The van der Waals surface area contributed by atoms with Gasteiger partial charge < -0.3 is 19.7 Å². The lowest BCUT2D eigenvalue weighted by atomic mass is 10.1. The summed E-state index contributed by atoms with van der Waals surface area (Å²) in [7, 11) is 1.53. The predicted octanol–water partition coefficient (Wildman–Crippen LogP) is 1.88. The SMILES string of the molecule is CC(OC(=O)Cc1nn(C)c(=O)c2ccccc12)C(=O)Nc1ccc(N2CCOCC2)cc1. The van der Waals surface area contributed by atoms with Crippen LogP contribution in [0.25, 0.3) is 10.8 Å². The van der Waals surface area contributed by atoms with Crippen molar-refractivity contribution >= 4 is 34.0 Å². The fraction of sp³-hybridized carbons (Fsp3) is 0.333. The average molecular weight is 450 g/mol. The summed E-state index contributed by atoms with van der Waals surface area (Å²) in [5.74, 6) is -1.03. The molecule has 0 saturated carbocycles. The maximum atomic E-state index is 12.5. The van der Waals surface area contributed by atoms with Crippen LogP contribution in [0.4, 0.5) is 11.4 Å².